The molecule has 0 aliphatic heterocycles. The Morgan fingerprint density at radius 1 is 1.09 bits per heavy atom. The van der Waals surface area contributed by atoms with Crippen molar-refractivity contribution in [3.63, 3.8) is 0 Å². The van der Waals surface area contributed by atoms with Crippen molar-refractivity contribution in [3.8, 4) is 11.5 Å². The molecular formula is C16H18INO4S. The molecule has 0 spiro atoms. The number of halogens is 1. The smallest absolute Gasteiger partial charge is 0.236 e. The Morgan fingerprint density at radius 3 is 2.35 bits per heavy atom. The fraction of sp³-hybridized carbons (Fsp3) is 0.250. The molecule has 0 radical (unpaired) electrons. The van der Waals surface area contributed by atoms with Gasteiger partial charge in [-0.05, 0) is 77.5 Å². The fourth-order valence-corrected chi connectivity index (χ4v) is 3.52. The second kappa shape index (κ2) is 7.87. The topological polar surface area (TPSA) is 64.6 Å². The number of aryl methyl sites for hydroxylation is 1. The zero-order chi connectivity index (χ0) is 16.9. The van der Waals surface area contributed by atoms with E-state index in [9.17, 15) is 8.42 Å². The molecule has 0 aliphatic carbocycles. The first kappa shape index (κ1) is 17.9. The maximum atomic E-state index is 12.1. The summed E-state index contributed by atoms with van der Waals surface area (Å²) in [5.74, 6) is 1.21. The molecule has 7 heteroatoms. The second-order valence-corrected chi connectivity index (χ2v) is 7.99. The van der Waals surface area contributed by atoms with E-state index in [-0.39, 0.29) is 12.4 Å². The van der Waals surface area contributed by atoms with Crippen LogP contribution in [0.4, 0.5) is 5.69 Å². The van der Waals surface area contributed by atoms with Crippen molar-refractivity contribution in [2.75, 3.05) is 24.2 Å². The van der Waals surface area contributed by atoms with Gasteiger partial charge in [0.2, 0.25) is 10.0 Å². The summed E-state index contributed by atoms with van der Waals surface area (Å²) in [5.41, 5.74) is 1.48. The first-order chi connectivity index (χ1) is 10.9. The Labute approximate surface area is 150 Å². The van der Waals surface area contributed by atoms with Gasteiger partial charge in [0.15, 0.2) is 0 Å². The van der Waals surface area contributed by atoms with Crippen molar-refractivity contribution in [2.45, 2.75) is 6.92 Å². The third-order valence-corrected chi connectivity index (χ3v) is 5.04. The first-order valence-corrected chi connectivity index (χ1v) is 9.66. The molecule has 0 amide bonds. The first-order valence-electron chi connectivity index (χ1n) is 6.93. The van der Waals surface area contributed by atoms with Gasteiger partial charge in [-0.25, -0.2) is 8.42 Å². The third-order valence-electron chi connectivity index (χ3n) is 3.13. The molecule has 2 aromatic rings. The van der Waals surface area contributed by atoms with E-state index < -0.39 is 10.0 Å². The summed E-state index contributed by atoms with van der Waals surface area (Å²) in [6, 6.07) is 12.5. The number of anilines is 1. The number of benzene rings is 2. The molecule has 124 valence electrons. The summed E-state index contributed by atoms with van der Waals surface area (Å²) in [4.78, 5) is 0. The molecule has 0 aliphatic rings. The molecule has 0 bridgehead atoms. The monoisotopic (exact) mass is 447 g/mol. The van der Waals surface area contributed by atoms with Gasteiger partial charge in [0.25, 0.3) is 0 Å². The highest BCUT2D eigenvalue weighted by atomic mass is 127. The molecule has 0 aromatic heterocycles. The van der Waals surface area contributed by atoms with Gasteiger partial charge in [0.1, 0.15) is 23.9 Å². The molecule has 2 rings (SSSR count). The van der Waals surface area contributed by atoms with Gasteiger partial charge in [-0.1, -0.05) is 0 Å². The lowest BCUT2D eigenvalue weighted by Crippen LogP contribution is -2.21. The number of hydrogen-bond acceptors (Lipinski definition) is 4. The van der Waals surface area contributed by atoms with E-state index in [2.05, 4.69) is 27.3 Å². The average molecular weight is 447 g/mol. The lowest BCUT2D eigenvalue weighted by molar-refractivity contribution is 0.340. The standard InChI is InChI=1S/C16H18INO4S/c1-12-11-13(17)3-8-16(12)18-23(19,20)10-9-22-15-6-4-14(21-2)5-7-15/h3-8,11,18H,9-10H2,1-2H3. The average Bonchev–Trinajstić information content (AvgIpc) is 2.50. The number of hydrogen-bond donors (Lipinski definition) is 1. The summed E-state index contributed by atoms with van der Waals surface area (Å²) in [6.45, 7) is 1.94. The van der Waals surface area contributed by atoms with E-state index >= 15 is 0 Å². The molecule has 23 heavy (non-hydrogen) atoms. The van der Waals surface area contributed by atoms with Crippen LogP contribution in [0.3, 0.4) is 0 Å². The summed E-state index contributed by atoms with van der Waals surface area (Å²) >= 11 is 2.19. The number of nitrogens with one attached hydrogen (secondary N) is 1. The van der Waals surface area contributed by atoms with Crippen LogP contribution >= 0.6 is 22.6 Å². The van der Waals surface area contributed by atoms with E-state index in [4.69, 9.17) is 9.47 Å². The number of ether oxygens (including phenoxy) is 2. The maximum Gasteiger partial charge on any atom is 0.236 e. The lowest BCUT2D eigenvalue weighted by Gasteiger charge is -2.11. The van der Waals surface area contributed by atoms with Gasteiger partial charge < -0.3 is 9.47 Å². The fourth-order valence-electron chi connectivity index (χ4n) is 1.90. The SMILES string of the molecule is COc1ccc(OCCS(=O)(=O)Nc2ccc(I)cc2C)cc1. The van der Waals surface area contributed by atoms with Crippen molar-refractivity contribution < 1.29 is 17.9 Å². The predicted octanol–water partition coefficient (Wildman–Crippen LogP) is 3.43. The van der Waals surface area contributed by atoms with Gasteiger partial charge >= 0.3 is 0 Å². The van der Waals surface area contributed by atoms with Crippen molar-refractivity contribution in [1.82, 2.24) is 0 Å². The van der Waals surface area contributed by atoms with Crippen molar-refractivity contribution in [1.29, 1.82) is 0 Å². The number of methoxy groups -OCH3 is 1. The van der Waals surface area contributed by atoms with Gasteiger partial charge in [0, 0.05) is 3.57 Å². The van der Waals surface area contributed by atoms with Crippen molar-refractivity contribution in [2.24, 2.45) is 0 Å². The van der Waals surface area contributed by atoms with Gasteiger partial charge in [-0.2, -0.15) is 0 Å². The zero-order valence-corrected chi connectivity index (χ0v) is 15.8. The summed E-state index contributed by atoms with van der Waals surface area (Å²) in [7, 11) is -1.87. The minimum Gasteiger partial charge on any atom is -0.497 e. The quantitative estimate of drug-likeness (QED) is 0.661. The van der Waals surface area contributed by atoms with Gasteiger partial charge in [-0.3, -0.25) is 4.72 Å². The van der Waals surface area contributed by atoms with Crippen LogP contribution in [0.1, 0.15) is 5.56 Å². The molecule has 0 fully saturated rings. The van der Waals surface area contributed by atoms with Crippen molar-refractivity contribution in [3.05, 3.63) is 51.6 Å². The highest BCUT2D eigenvalue weighted by Gasteiger charge is 2.12. The van der Waals surface area contributed by atoms with Crippen LogP contribution in [0.15, 0.2) is 42.5 Å². The number of rotatable bonds is 7. The zero-order valence-electron chi connectivity index (χ0n) is 12.9. The molecule has 0 heterocycles. The molecule has 0 unspecified atom stereocenters. The summed E-state index contributed by atoms with van der Waals surface area (Å²) in [5, 5.41) is 0. The molecule has 2 aromatic carbocycles. The summed E-state index contributed by atoms with van der Waals surface area (Å²) in [6.07, 6.45) is 0. The normalized spacial score (nSPS) is 11.1. The highest BCUT2D eigenvalue weighted by Crippen LogP contribution is 2.19. The van der Waals surface area contributed by atoms with Gasteiger partial charge in [-0.15, -0.1) is 0 Å². The Bertz CT molecular complexity index is 760. The van der Waals surface area contributed by atoms with Crippen LogP contribution in [-0.4, -0.2) is 27.9 Å². The Kier molecular flexibility index (Phi) is 6.11. The Morgan fingerprint density at radius 2 is 1.74 bits per heavy atom. The van der Waals surface area contributed by atoms with Crippen LogP contribution in [0.2, 0.25) is 0 Å². The Hall–Kier alpha value is -1.48. The van der Waals surface area contributed by atoms with Crippen LogP contribution in [0.25, 0.3) is 0 Å². The maximum absolute atomic E-state index is 12.1. The summed E-state index contributed by atoms with van der Waals surface area (Å²) < 4.78 is 38.4. The molecule has 0 atom stereocenters. The van der Waals surface area contributed by atoms with Gasteiger partial charge in [0.05, 0.1) is 12.8 Å². The van der Waals surface area contributed by atoms with Crippen LogP contribution in [0, 0.1) is 10.5 Å². The Balaban J connectivity index is 1.90. The van der Waals surface area contributed by atoms with E-state index in [0.717, 1.165) is 14.9 Å². The van der Waals surface area contributed by atoms with Crippen LogP contribution in [0.5, 0.6) is 11.5 Å². The predicted molar refractivity (Wildman–Crippen MR) is 99.8 cm³/mol. The van der Waals surface area contributed by atoms with Crippen molar-refractivity contribution >= 4 is 38.3 Å². The lowest BCUT2D eigenvalue weighted by atomic mass is 10.2. The molecule has 0 saturated heterocycles. The minimum atomic E-state index is -3.46. The van der Waals surface area contributed by atoms with E-state index in [1.807, 2.05) is 19.1 Å². The largest absolute Gasteiger partial charge is 0.497 e. The van der Waals surface area contributed by atoms with E-state index in [1.165, 1.54) is 0 Å². The molecule has 1 N–H and O–H groups in total. The van der Waals surface area contributed by atoms with Crippen LogP contribution in [-0.2, 0) is 10.0 Å². The number of sulfonamides is 1. The minimum absolute atomic E-state index is 0.0745. The van der Waals surface area contributed by atoms with E-state index in [0.29, 0.717) is 11.4 Å². The molecular weight excluding hydrogens is 429 g/mol. The van der Waals surface area contributed by atoms with Crippen LogP contribution < -0.4 is 14.2 Å². The molecule has 5 nitrogen and oxygen atoms in total. The van der Waals surface area contributed by atoms with E-state index in [1.54, 1.807) is 37.4 Å². The molecule has 0 saturated carbocycles. The third kappa shape index (κ3) is 5.58. The second-order valence-electron chi connectivity index (χ2n) is 4.90. The highest BCUT2D eigenvalue weighted by molar-refractivity contribution is 14.1.